The van der Waals surface area contributed by atoms with Gasteiger partial charge in [-0.2, -0.15) is 0 Å². The van der Waals surface area contributed by atoms with Crippen molar-refractivity contribution in [1.29, 1.82) is 0 Å². The summed E-state index contributed by atoms with van der Waals surface area (Å²) in [5, 5.41) is 3.44. The number of fused-ring (bicyclic) bond motifs is 1. The first-order valence-corrected chi connectivity index (χ1v) is 6.38. The molecule has 0 saturated heterocycles. The molecule has 3 rings (SSSR count). The lowest BCUT2D eigenvalue weighted by Crippen LogP contribution is -2.11. The van der Waals surface area contributed by atoms with Gasteiger partial charge in [0.15, 0.2) is 0 Å². The molecule has 0 amide bonds. The van der Waals surface area contributed by atoms with E-state index in [1.54, 1.807) is 7.11 Å². The van der Waals surface area contributed by atoms with Crippen molar-refractivity contribution in [3.63, 3.8) is 0 Å². The Morgan fingerprint density at radius 2 is 2.00 bits per heavy atom. The van der Waals surface area contributed by atoms with E-state index < -0.39 is 0 Å². The van der Waals surface area contributed by atoms with Crippen LogP contribution in [0.5, 0.6) is 5.75 Å². The second kappa shape index (κ2) is 4.73. The number of methoxy groups -OCH3 is 1. The molecule has 2 heteroatoms. The first-order chi connectivity index (χ1) is 8.88. The van der Waals surface area contributed by atoms with Gasteiger partial charge in [-0.05, 0) is 42.2 Å². The smallest absolute Gasteiger partial charge is 0.126 e. The fourth-order valence-electron chi connectivity index (χ4n) is 2.53. The van der Waals surface area contributed by atoms with Gasteiger partial charge in [0.05, 0.1) is 7.11 Å². The number of para-hydroxylation sites is 1. The molecule has 0 aliphatic carbocycles. The van der Waals surface area contributed by atoms with Gasteiger partial charge in [-0.25, -0.2) is 0 Å². The minimum atomic E-state index is 0.932. The standard InChI is InChI=1S/C16H17NO/c1-18-16-7-3-2-6-14(16)12-8-9-15-13(11-12)5-4-10-17-15/h2-3,6-9,11,17H,4-5,10H2,1H3. The maximum absolute atomic E-state index is 5.43. The van der Waals surface area contributed by atoms with Crippen LogP contribution >= 0.6 is 0 Å². The maximum atomic E-state index is 5.43. The van der Waals surface area contributed by atoms with Crippen LogP contribution in [0.25, 0.3) is 11.1 Å². The van der Waals surface area contributed by atoms with E-state index in [-0.39, 0.29) is 0 Å². The molecule has 0 atom stereocenters. The normalized spacial score (nSPS) is 13.6. The predicted molar refractivity (Wildman–Crippen MR) is 75.2 cm³/mol. The Balaban J connectivity index is 2.06. The molecule has 0 saturated carbocycles. The van der Waals surface area contributed by atoms with Gasteiger partial charge in [0.25, 0.3) is 0 Å². The SMILES string of the molecule is COc1ccccc1-c1ccc2c(c1)CCCN2. The van der Waals surface area contributed by atoms with Gasteiger partial charge >= 0.3 is 0 Å². The van der Waals surface area contributed by atoms with Gasteiger partial charge in [-0.15, -0.1) is 0 Å². The molecule has 0 radical (unpaired) electrons. The maximum Gasteiger partial charge on any atom is 0.126 e. The highest BCUT2D eigenvalue weighted by Gasteiger charge is 2.11. The van der Waals surface area contributed by atoms with E-state index in [9.17, 15) is 0 Å². The predicted octanol–water partition coefficient (Wildman–Crippen LogP) is 3.72. The van der Waals surface area contributed by atoms with Crippen LogP contribution in [-0.4, -0.2) is 13.7 Å². The molecule has 1 aliphatic rings. The van der Waals surface area contributed by atoms with Crippen LogP contribution in [0, 0.1) is 0 Å². The molecule has 2 aromatic rings. The van der Waals surface area contributed by atoms with Gasteiger partial charge in [-0.3, -0.25) is 0 Å². The Morgan fingerprint density at radius 1 is 1.11 bits per heavy atom. The van der Waals surface area contributed by atoms with E-state index in [1.807, 2.05) is 12.1 Å². The molecule has 0 fully saturated rings. The molecule has 18 heavy (non-hydrogen) atoms. The van der Waals surface area contributed by atoms with E-state index in [1.165, 1.54) is 23.2 Å². The van der Waals surface area contributed by atoms with Crippen LogP contribution in [0.1, 0.15) is 12.0 Å². The monoisotopic (exact) mass is 239 g/mol. The van der Waals surface area contributed by atoms with Crippen molar-refractivity contribution in [2.75, 3.05) is 19.0 Å². The van der Waals surface area contributed by atoms with Gasteiger partial charge in [-0.1, -0.05) is 24.3 Å². The topological polar surface area (TPSA) is 21.3 Å². The second-order valence-electron chi connectivity index (χ2n) is 4.60. The second-order valence-corrected chi connectivity index (χ2v) is 4.60. The highest BCUT2D eigenvalue weighted by molar-refractivity contribution is 5.73. The fourth-order valence-corrected chi connectivity index (χ4v) is 2.53. The summed E-state index contributed by atoms with van der Waals surface area (Å²) in [5.41, 5.74) is 5.08. The summed E-state index contributed by atoms with van der Waals surface area (Å²) in [6.07, 6.45) is 2.37. The lowest BCUT2D eigenvalue weighted by molar-refractivity contribution is 0.416. The van der Waals surface area contributed by atoms with Crippen molar-refractivity contribution in [2.24, 2.45) is 0 Å². The summed E-state index contributed by atoms with van der Waals surface area (Å²) in [5.74, 6) is 0.932. The van der Waals surface area contributed by atoms with Crippen molar-refractivity contribution < 1.29 is 4.74 Å². The summed E-state index contributed by atoms with van der Waals surface area (Å²) in [4.78, 5) is 0. The van der Waals surface area contributed by atoms with Crippen LogP contribution in [0.2, 0.25) is 0 Å². The molecule has 0 bridgehead atoms. The van der Waals surface area contributed by atoms with E-state index in [2.05, 4.69) is 35.6 Å². The first kappa shape index (κ1) is 11.1. The van der Waals surface area contributed by atoms with Crippen LogP contribution in [-0.2, 0) is 6.42 Å². The zero-order valence-corrected chi connectivity index (χ0v) is 10.6. The Hall–Kier alpha value is -1.96. The van der Waals surface area contributed by atoms with E-state index >= 15 is 0 Å². The number of nitrogens with one attached hydrogen (secondary N) is 1. The van der Waals surface area contributed by atoms with Gasteiger partial charge in [0.2, 0.25) is 0 Å². The van der Waals surface area contributed by atoms with Crippen LogP contribution in [0.3, 0.4) is 0 Å². The third-order valence-electron chi connectivity index (χ3n) is 3.46. The number of aryl methyl sites for hydroxylation is 1. The number of benzene rings is 2. The zero-order valence-electron chi connectivity index (χ0n) is 10.6. The molecule has 0 aromatic heterocycles. The minimum absolute atomic E-state index is 0.932. The molecule has 2 aromatic carbocycles. The quantitative estimate of drug-likeness (QED) is 0.862. The minimum Gasteiger partial charge on any atom is -0.496 e. The average molecular weight is 239 g/mol. The van der Waals surface area contributed by atoms with Gasteiger partial charge in [0.1, 0.15) is 5.75 Å². The molecule has 0 spiro atoms. The summed E-state index contributed by atoms with van der Waals surface area (Å²) in [6.45, 7) is 1.08. The Bertz CT molecular complexity index is 563. The largest absolute Gasteiger partial charge is 0.496 e. The average Bonchev–Trinajstić information content (AvgIpc) is 2.46. The van der Waals surface area contributed by atoms with E-state index in [0.29, 0.717) is 0 Å². The Morgan fingerprint density at radius 3 is 2.89 bits per heavy atom. The third-order valence-corrected chi connectivity index (χ3v) is 3.46. The van der Waals surface area contributed by atoms with Gasteiger partial charge < -0.3 is 10.1 Å². The first-order valence-electron chi connectivity index (χ1n) is 6.38. The fraction of sp³-hybridized carbons (Fsp3) is 0.250. The van der Waals surface area contributed by atoms with E-state index in [0.717, 1.165) is 24.3 Å². The number of ether oxygens (including phenoxy) is 1. The van der Waals surface area contributed by atoms with Crippen molar-refractivity contribution in [1.82, 2.24) is 0 Å². The molecule has 2 nitrogen and oxygen atoms in total. The molecular weight excluding hydrogens is 222 g/mol. The third kappa shape index (κ3) is 1.94. The number of anilines is 1. The Kier molecular flexibility index (Phi) is 2.93. The van der Waals surface area contributed by atoms with Crippen molar-refractivity contribution >= 4 is 5.69 Å². The summed E-state index contributed by atoms with van der Waals surface area (Å²) in [7, 11) is 1.72. The molecular formula is C16H17NO. The molecule has 1 aliphatic heterocycles. The lowest BCUT2D eigenvalue weighted by atomic mass is 9.97. The number of hydrogen-bond acceptors (Lipinski definition) is 2. The van der Waals surface area contributed by atoms with Gasteiger partial charge in [0, 0.05) is 17.8 Å². The zero-order chi connectivity index (χ0) is 12.4. The molecule has 1 N–H and O–H groups in total. The summed E-state index contributed by atoms with van der Waals surface area (Å²) >= 11 is 0. The van der Waals surface area contributed by atoms with Crippen LogP contribution in [0.4, 0.5) is 5.69 Å². The van der Waals surface area contributed by atoms with Crippen molar-refractivity contribution in [3.05, 3.63) is 48.0 Å². The van der Waals surface area contributed by atoms with E-state index in [4.69, 9.17) is 4.74 Å². The van der Waals surface area contributed by atoms with Crippen molar-refractivity contribution in [2.45, 2.75) is 12.8 Å². The molecule has 92 valence electrons. The summed E-state index contributed by atoms with van der Waals surface area (Å²) < 4.78 is 5.43. The highest BCUT2D eigenvalue weighted by atomic mass is 16.5. The summed E-state index contributed by atoms with van der Waals surface area (Å²) in [6, 6.07) is 14.8. The number of hydrogen-bond donors (Lipinski definition) is 1. The van der Waals surface area contributed by atoms with Crippen molar-refractivity contribution in [3.8, 4) is 16.9 Å². The van der Waals surface area contributed by atoms with Crippen LogP contribution in [0.15, 0.2) is 42.5 Å². The number of rotatable bonds is 2. The molecule has 1 heterocycles. The molecule has 0 unspecified atom stereocenters. The highest BCUT2D eigenvalue weighted by Crippen LogP contribution is 2.33. The Labute approximate surface area is 108 Å². The van der Waals surface area contributed by atoms with Crippen LogP contribution < -0.4 is 10.1 Å². The lowest BCUT2D eigenvalue weighted by Gasteiger charge is -2.19.